The quantitative estimate of drug-likeness (QED) is 0.932. The molecule has 8 heteroatoms. The minimum Gasteiger partial charge on any atom is -0.360 e. The highest BCUT2D eigenvalue weighted by molar-refractivity contribution is 7.15. The molecule has 22 heavy (non-hydrogen) atoms. The Kier molecular flexibility index (Phi) is 4.89. The first kappa shape index (κ1) is 15.2. The monoisotopic (exact) mass is 337 g/mol. The zero-order chi connectivity index (χ0) is 15.4. The molecule has 0 saturated carbocycles. The zero-order valence-electron chi connectivity index (χ0n) is 12.5. The number of anilines is 2. The average molecular weight is 337 g/mol. The Hall–Kier alpha value is -1.67. The Balaban J connectivity index is 1.51. The van der Waals surface area contributed by atoms with E-state index < -0.39 is 0 Å². The summed E-state index contributed by atoms with van der Waals surface area (Å²) in [6.45, 7) is 5.29. The van der Waals surface area contributed by atoms with Gasteiger partial charge in [0.15, 0.2) is 0 Å². The summed E-state index contributed by atoms with van der Waals surface area (Å²) in [5.74, 6) is 0. The van der Waals surface area contributed by atoms with Crippen LogP contribution in [0.5, 0.6) is 0 Å². The molecule has 118 valence electrons. The van der Waals surface area contributed by atoms with Crippen LogP contribution in [0.1, 0.15) is 18.4 Å². The molecule has 3 heterocycles. The van der Waals surface area contributed by atoms with Crippen molar-refractivity contribution in [2.75, 3.05) is 36.4 Å². The largest absolute Gasteiger partial charge is 0.360 e. The topological polar surface area (TPSA) is 61.4 Å². The molecule has 0 atom stereocenters. The Labute approximate surface area is 137 Å². The first-order chi connectivity index (χ1) is 10.8. The number of hydrogen-bond donors (Lipinski definition) is 1. The minimum atomic E-state index is -0.0787. The first-order valence-corrected chi connectivity index (χ1v) is 9.12. The van der Waals surface area contributed by atoms with Crippen molar-refractivity contribution in [3.63, 3.8) is 0 Å². The fourth-order valence-corrected chi connectivity index (χ4v) is 3.99. The van der Waals surface area contributed by atoms with E-state index in [1.165, 1.54) is 16.3 Å². The van der Waals surface area contributed by atoms with Gasteiger partial charge in [-0.25, -0.2) is 4.79 Å². The Bertz CT molecular complexity index is 605. The summed E-state index contributed by atoms with van der Waals surface area (Å²) in [7, 11) is 0. The highest BCUT2D eigenvalue weighted by atomic mass is 32.1. The summed E-state index contributed by atoms with van der Waals surface area (Å²) in [5.41, 5.74) is 0. The van der Waals surface area contributed by atoms with Crippen molar-refractivity contribution in [1.82, 2.24) is 15.1 Å². The summed E-state index contributed by atoms with van der Waals surface area (Å²) in [6.07, 6.45) is 1.94. The van der Waals surface area contributed by atoms with E-state index in [0.29, 0.717) is 5.13 Å². The van der Waals surface area contributed by atoms with Crippen molar-refractivity contribution in [1.29, 1.82) is 0 Å². The molecule has 0 radical (unpaired) electrons. The van der Waals surface area contributed by atoms with Gasteiger partial charge in [0, 0.05) is 32.6 Å². The van der Waals surface area contributed by atoms with Crippen LogP contribution in [0.25, 0.3) is 0 Å². The van der Waals surface area contributed by atoms with E-state index >= 15 is 0 Å². The second-order valence-electron chi connectivity index (χ2n) is 5.11. The molecule has 0 aliphatic carbocycles. The van der Waals surface area contributed by atoms with E-state index in [9.17, 15) is 4.79 Å². The molecule has 2 aromatic rings. The number of urea groups is 1. The van der Waals surface area contributed by atoms with E-state index in [0.717, 1.165) is 44.0 Å². The fraction of sp³-hybridized carbons (Fsp3) is 0.500. The smallest absolute Gasteiger partial charge is 0.323 e. The van der Waals surface area contributed by atoms with E-state index in [-0.39, 0.29) is 6.03 Å². The van der Waals surface area contributed by atoms with Gasteiger partial charge >= 0.3 is 6.03 Å². The predicted octanol–water partition coefficient (Wildman–Crippen LogP) is 2.91. The molecule has 0 bridgehead atoms. The third-order valence-corrected chi connectivity index (χ3v) is 5.36. The van der Waals surface area contributed by atoms with Crippen molar-refractivity contribution in [3.05, 3.63) is 22.5 Å². The highest BCUT2D eigenvalue weighted by Crippen LogP contribution is 2.23. The third kappa shape index (κ3) is 3.56. The molecular weight excluding hydrogens is 318 g/mol. The first-order valence-electron chi connectivity index (χ1n) is 7.43. The van der Waals surface area contributed by atoms with Crippen molar-refractivity contribution in [2.24, 2.45) is 0 Å². The Morgan fingerprint density at radius 1 is 1.32 bits per heavy atom. The maximum atomic E-state index is 12.3. The van der Waals surface area contributed by atoms with Crippen LogP contribution in [-0.2, 0) is 6.42 Å². The van der Waals surface area contributed by atoms with Gasteiger partial charge < -0.3 is 9.80 Å². The number of nitrogens with one attached hydrogen (secondary N) is 1. The lowest BCUT2D eigenvalue weighted by atomic mass is 10.3. The number of nitrogens with zero attached hydrogens (tertiary/aromatic N) is 4. The van der Waals surface area contributed by atoms with Gasteiger partial charge in [-0.15, -0.1) is 21.5 Å². The predicted molar refractivity (Wildman–Crippen MR) is 91.0 cm³/mol. The van der Waals surface area contributed by atoms with Crippen molar-refractivity contribution in [3.8, 4) is 0 Å². The van der Waals surface area contributed by atoms with Gasteiger partial charge in [-0.2, -0.15) is 0 Å². The van der Waals surface area contributed by atoms with Crippen LogP contribution in [0.2, 0.25) is 0 Å². The van der Waals surface area contributed by atoms with E-state index in [2.05, 4.69) is 44.9 Å². The normalized spacial score (nSPS) is 15.1. The van der Waals surface area contributed by atoms with Gasteiger partial charge in [0.2, 0.25) is 5.13 Å². The molecule has 0 spiro atoms. The summed E-state index contributed by atoms with van der Waals surface area (Å²) < 4.78 is 0. The molecule has 3 rings (SSSR count). The standard InChI is InChI=1S/C14H19N5OS2/c1-2-4-11-16-17-13(22-11)15-14(20)19-8-6-18(7-9-19)12-5-3-10-21-12/h3,5,10H,2,4,6-9H2,1H3,(H,15,17,20). The second kappa shape index (κ2) is 7.06. The maximum absolute atomic E-state index is 12.3. The number of piperazine rings is 1. The van der Waals surface area contributed by atoms with E-state index in [1.54, 1.807) is 11.3 Å². The van der Waals surface area contributed by atoms with Crippen molar-refractivity contribution in [2.45, 2.75) is 19.8 Å². The van der Waals surface area contributed by atoms with Crippen LogP contribution < -0.4 is 10.2 Å². The molecule has 1 aliphatic heterocycles. The van der Waals surface area contributed by atoms with E-state index in [1.807, 2.05) is 4.90 Å². The summed E-state index contributed by atoms with van der Waals surface area (Å²) in [6, 6.07) is 4.10. The van der Waals surface area contributed by atoms with Gasteiger partial charge in [0.05, 0.1) is 5.00 Å². The molecule has 1 saturated heterocycles. The number of aryl methyl sites for hydroxylation is 1. The molecule has 6 nitrogen and oxygen atoms in total. The van der Waals surface area contributed by atoms with Crippen LogP contribution in [0.15, 0.2) is 17.5 Å². The molecule has 0 aromatic carbocycles. The third-order valence-electron chi connectivity index (χ3n) is 3.53. The highest BCUT2D eigenvalue weighted by Gasteiger charge is 2.22. The summed E-state index contributed by atoms with van der Waals surface area (Å²) >= 11 is 3.20. The second-order valence-corrected chi connectivity index (χ2v) is 7.09. The Morgan fingerprint density at radius 2 is 2.14 bits per heavy atom. The average Bonchev–Trinajstić information content (AvgIpc) is 3.20. The number of aromatic nitrogens is 2. The van der Waals surface area contributed by atoms with Gasteiger partial charge in [0.1, 0.15) is 5.01 Å². The van der Waals surface area contributed by atoms with Crippen LogP contribution in [0.4, 0.5) is 14.9 Å². The number of carbonyl (C=O) groups is 1. The number of carbonyl (C=O) groups excluding carboxylic acids is 1. The zero-order valence-corrected chi connectivity index (χ0v) is 14.1. The van der Waals surface area contributed by atoms with Gasteiger partial charge in [-0.1, -0.05) is 18.3 Å². The van der Waals surface area contributed by atoms with Gasteiger partial charge in [-0.05, 0) is 23.9 Å². The molecule has 2 amide bonds. The number of rotatable bonds is 4. The van der Waals surface area contributed by atoms with Gasteiger partial charge in [-0.3, -0.25) is 5.32 Å². The van der Waals surface area contributed by atoms with E-state index in [4.69, 9.17) is 0 Å². The van der Waals surface area contributed by atoms with Crippen LogP contribution in [0, 0.1) is 0 Å². The SMILES string of the molecule is CCCc1nnc(NC(=O)N2CCN(c3cccs3)CC2)s1. The molecule has 0 unspecified atom stereocenters. The summed E-state index contributed by atoms with van der Waals surface area (Å²) in [5, 5.41) is 15.9. The minimum absolute atomic E-state index is 0.0787. The fourth-order valence-electron chi connectivity index (χ4n) is 2.37. The number of amides is 2. The van der Waals surface area contributed by atoms with Crippen molar-refractivity contribution >= 4 is 38.8 Å². The lowest BCUT2D eigenvalue weighted by Gasteiger charge is -2.34. The molecule has 1 fully saturated rings. The lowest BCUT2D eigenvalue weighted by molar-refractivity contribution is 0.208. The molecule has 1 aliphatic rings. The van der Waals surface area contributed by atoms with Crippen LogP contribution >= 0.6 is 22.7 Å². The molecule has 2 aromatic heterocycles. The number of hydrogen-bond acceptors (Lipinski definition) is 6. The number of thiophene rings is 1. The molecular formula is C14H19N5OS2. The van der Waals surface area contributed by atoms with Crippen LogP contribution in [0.3, 0.4) is 0 Å². The summed E-state index contributed by atoms with van der Waals surface area (Å²) in [4.78, 5) is 16.4. The lowest BCUT2D eigenvalue weighted by Crippen LogP contribution is -2.49. The maximum Gasteiger partial charge on any atom is 0.323 e. The van der Waals surface area contributed by atoms with Gasteiger partial charge in [0.25, 0.3) is 0 Å². The molecule has 1 N–H and O–H groups in total. The Morgan fingerprint density at radius 3 is 2.82 bits per heavy atom. The van der Waals surface area contributed by atoms with Crippen molar-refractivity contribution < 1.29 is 4.79 Å². The van der Waals surface area contributed by atoms with Crippen LogP contribution in [-0.4, -0.2) is 47.3 Å².